The summed E-state index contributed by atoms with van der Waals surface area (Å²) in [5.74, 6) is 1.61. The summed E-state index contributed by atoms with van der Waals surface area (Å²) in [6.45, 7) is 8.01. The van der Waals surface area contributed by atoms with Crippen molar-refractivity contribution in [1.82, 2.24) is 24.5 Å². The van der Waals surface area contributed by atoms with Gasteiger partial charge in [-0.3, -0.25) is 0 Å². The van der Waals surface area contributed by atoms with Gasteiger partial charge in [0.25, 0.3) is 0 Å². The van der Waals surface area contributed by atoms with Crippen molar-refractivity contribution < 1.29 is 10.9 Å². The van der Waals surface area contributed by atoms with Crippen LogP contribution in [0.1, 0.15) is 22.8 Å². The second-order valence-corrected chi connectivity index (χ2v) is 10.1. The van der Waals surface area contributed by atoms with E-state index in [0.29, 0.717) is 0 Å². The number of hydrogen-bond acceptors (Lipinski definition) is 3. The number of halogens is 2. The molecular weight excluding hydrogens is 469 g/mol. The second kappa shape index (κ2) is 8.22. The summed E-state index contributed by atoms with van der Waals surface area (Å²) in [5, 5.41) is 8.93. The maximum absolute atomic E-state index is 4.66. The zero-order chi connectivity index (χ0) is 17.0. The molecule has 0 amide bonds. The van der Waals surface area contributed by atoms with Gasteiger partial charge in [-0.15, -0.1) is 0 Å². The Morgan fingerprint density at radius 1 is 0.826 bits per heavy atom. The predicted molar refractivity (Wildman–Crippen MR) is 95.3 cm³/mol. The van der Waals surface area contributed by atoms with Crippen molar-refractivity contribution in [1.29, 1.82) is 0 Å². The number of aryl methyl sites for hydroxylation is 4. The minimum absolute atomic E-state index is 0.806. The van der Waals surface area contributed by atoms with E-state index in [1.165, 1.54) is 10.9 Å². The van der Waals surface area contributed by atoms with E-state index in [-0.39, 0.29) is 0 Å². The molecule has 0 aliphatic heterocycles. The molecule has 0 saturated heterocycles. The maximum atomic E-state index is 4.66. The molecule has 3 heterocycles. The van der Waals surface area contributed by atoms with Crippen LogP contribution >= 0.6 is 28.5 Å². The molecule has 0 radical (unpaired) electrons. The van der Waals surface area contributed by atoms with Gasteiger partial charge in [-0.1, -0.05) is 6.07 Å². The van der Waals surface area contributed by atoms with Crippen molar-refractivity contribution in [2.45, 2.75) is 27.7 Å². The van der Waals surface area contributed by atoms with E-state index in [1.807, 2.05) is 67.4 Å². The molecule has 126 valence electrons. The predicted octanol–water partition coefficient (Wildman–Crippen LogP) is 4.38. The van der Waals surface area contributed by atoms with Crippen LogP contribution in [0.15, 0.2) is 30.3 Å². The first-order valence-electron chi connectivity index (χ1n) is 6.83. The Bertz CT molecular complexity index is 736. The normalized spacial score (nSPS) is 10.5. The first-order valence-corrected chi connectivity index (χ1v) is 11.7. The standard InChI is InChI=1S/C15H17N5.2BrH.Ni/c1-10-8-12(3)19(17-10)14-6-5-7-15(16-14)20-13(4)9-11(2)18-20;;;/h5-9H,1-4H3;2*1H;/q;;;+2/p-2. The van der Waals surface area contributed by atoms with Gasteiger partial charge in [0.1, 0.15) is 0 Å². The van der Waals surface area contributed by atoms with Gasteiger partial charge in [0, 0.05) is 11.4 Å². The number of nitrogens with zero attached hydrogens (tertiary/aromatic N) is 5. The molecule has 0 bridgehead atoms. The first kappa shape index (κ1) is 18.4. The second-order valence-electron chi connectivity index (χ2n) is 5.08. The van der Waals surface area contributed by atoms with Gasteiger partial charge in [0.2, 0.25) is 0 Å². The monoisotopic (exact) mass is 483 g/mol. The molecule has 3 aromatic heterocycles. The fourth-order valence-electron chi connectivity index (χ4n) is 2.37. The van der Waals surface area contributed by atoms with Crippen LogP contribution in [0.4, 0.5) is 0 Å². The van der Waals surface area contributed by atoms with E-state index in [0.717, 1.165) is 34.4 Å². The van der Waals surface area contributed by atoms with Crippen LogP contribution in [0, 0.1) is 27.7 Å². The number of hydrogen-bond donors (Lipinski definition) is 0. The summed E-state index contributed by atoms with van der Waals surface area (Å²) in [7, 11) is 1.25. The van der Waals surface area contributed by atoms with Gasteiger partial charge in [-0.05, 0) is 52.0 Å². The van der Waals surface area contributed by atoms with Gasteiger partial charge in [-0.2, -0.15) is 10.2 Å². The van der Waals surface area contributed by atoms with E-state index in [9.17, 15) is 0 Å². The third-order valence-corrected chi connectivity index (χ3v) is 3.17. The van der Waals surface area contributed by atoms with Gasteiger partial charge < -0.3 is 0 Å². The van der Waals surface area contributed by atoms with Crippen LogP contribution in [0.5, 0.6) is 0 Å². The molecule has 0 atom stereocenters. The van der Waals surface area contributed by atoms with Gasteiger partial charge in [0.05, 0.1) is 11.4 Å². The summed E-state index contributed by atoms with van der Waals surface area (Å²) in [6.07, 6.45) is 0. The van der Waals surface area contributed by atoms with Crippen LogP contribution in [0.25, 0.3) is 11.6 Å². The summed E-state index contributed by atoms with van der Waals surface area (Å²) in [4.78, 5) is 4.66. The van der Waals surface area contributed by atoms with Crippen molar-refractivity contribution in [3.05, 3.63) is 53.1 Å². The van der Waals surface area contributed by atoms with E-state index in [1.54, 1.807) is 0 Å². The van der Waals surface area contributed by atoms with Gasteiger partial charge in [0.15, 0.2) is 11.6 Å². The van der Waals surface area contributed by atoms with Crippen molar-refractivity contribution in [3.8, 4) is 11.6 Å². The van der Waals surface area contributed by atoms with Crippen LogP contribution in [0.2, 0.25) is 0 Å². The molecule has 3 aromatic rings. The summed E-state index contributed by atoms with van der Waals surface area (Å²) < 4.78 is 3.70. The van der Waals surface area contributed by atoms with Crippen LogP contribution in [-0.4, -0.2) is 24.5 Å². The summed E-state index contributed by atoms with van der Waals surface area (Å²) >= 11 is 6.00. The average Bonchev–Trinajstić information content (AvgIpc) is 3.01. The zero-order valence-corrected chi connectivity index (χ0v) is 17.4. The zero-order valence-electron chi connectivity index (χ0n) is 13.2. The number of aromatic nitrogens is 5. The van der Waals surface area contributed by atoms with Crippen molar-refractivity contribution in [3.63, 3.8) is 0 Å². The molecule has 3 rings (SSSR count). The Labute approximate surface area is 155 Å². The number of pyridine rings is 1. The third kappa shape index (κ3) is 4.52. The fourth-order valence-corrected chi connectivity index (χ4v) is 2.37. The Balaban J connectivity index is 0.000000595. The molecular formula is C15H17Br2N5Ni. The molecule has 0 N–H and O–H groups in total. The SMILES string of the molecule is Cc1cc(C)n(-c2cccc(-n3nc(C)cc3C)n2)n1.[Br][Ni][Br]. The van der Waals surface area contributed by atoms with E-state index < -0.39 is 0 Å². The molecule has 0 unspecified atom stereocenters. The van der Waals surface area contributed by atoms with Crippen LogP contribution in [-0.2, 0) is 10.9 Å². The van der Waals surface area contributed by atoms with Crippen molar-refractivity contribution in [2.75, 3.05) is 0 Å². The molecule has 8 heteroatoms. The molecule has 0 aliphatic carbocycles. The van der Waals surface area contributed by atoms with Crippen molar-refractivity contribution >= 4 is 28.5 Å². The summed E-state index contributed by atoms with van der Waals surface area (Å²) in [5.41, 5.74) is 4.11. The molecule has 5 nitrogen and oxygen atoms in total. The quantitative estimate of drug-likeness (QED) is 0.506. The average molecular weight is 486 g/mol. The number of rotatable bonds is 2. The Morgan fingerprint density at radius 3 is 1.52 bits per heavy atom. The molecule has 0 spiro atoms. The minimum atomic E-state index is 0.806. The topological polar surface area (TPSA) is 48.5 Å². The van der Waals surface area contributed by atoms with Crippen LogP contribution < -0.4 is 0 Å². The van der Waals surface area contributed by atoms with Crippen LogP contribution in [0.3, 0.4) is 0 Å². The van der Waals surface area contributed by atoms with Crippen molar-refractivity contribution in [2.24, 2.45) is 0 Å². The third-order valence-electron chi connectivity index (χ3n) is 3.17. The molecule has 23 heavy (non-hydrogen) atoms. The Morgan fingerprint density at radius 2 is 1.22 bits per heavy atom. The molecule has 0 aliphatic rings. The molecule has 0 saturated carbocycles. The fraction of sp³-hybridized carbons (Fsp3) is 0.267. The van der Waals surface area contributed by atoms with E-state index in [2.05, 4.69) is 43.6 Å². The molecule has 0 fully saturated rings. The molecule has 0 aromatic carbocycles. The van der Waals surface area contributed by atoms with Gasteiger partial charge >= 0.3 is 39.3 Å². The van der Waals surface area contributed by atoms with E-state index in [4.69, 9.17) is 0 Å². The Kier molecular flexibility index (Phi) is 6.56. The Hall–Kier alpha value is -0.976. The van der Waals surface area contributed by atoms with Gasteiger partial charge in [-0.25, -0.2) is 14.3 Å². The van der Waals surface area contributed by atoms with E-state index >= 15 is 0 Å². The first-order chi connectivity index (χ1) is 11.0. The summed E-state index contributed by atoms with van der Waals surface area (Å²) in [6, 6.07) is 9.96.